The SMILES string of the molecule is Cc1ccc[n+]([N-]c2ccccc2)c1. The standard InChI is InChI=1S/C12H12N2/c1-11-6-5-9-14(10-11)13-12-7-3-2-4-8-12/h2-10H,1H3. The second-order valence-corrected chi connectivity index (χ2v) is 3.20. The summed E-state index contributed by atoms with van der Waals surface area (Å²) in [6.45, 7) is 2.05. The highest BCUT2D eigenvalue weighted by molar-refractivity contribution is 5.43. The van der Waals surface area contributed by atoms with E-state index in [9.17, 15) is 0 Å². The third-order valence-corrected chi connectivity index (χ3v) is 1.92. The summed E-state index contributed by atoms with van der Waals surface area (Å²) in [5, 5.41) is 0. The molecule has 0 aliphatic heterocycles. The largest absolute Gasteiger partial charge is 0.405 e. The molecule has 0 unspecified atom stereocenters. The second-order valence-electron chi connectivity index (χ2n) is 3.20. The van der Waals surface area contributed by atoms with Crippen LogP contribution < -0.4 is 4.68 Å². The van der Waals surface area contributed by atoms with Crippen molar-refractivity contribution < 1.29 is 4.68 Å². The van der Waals surface area contributed by atoms with E-state index >= 15 is 0 Å². The van der Waals surface area contributed by atoms with Gasteiger partial charge in [-0.1, -0.05) is 36.0 Å². The molecule has 1 aromatic carbocycles. The fraction of sp³-hybridized carbons (Fsp3) is 0.0833. The first-order valence-electron chi connectivity index (χ1n) is 4.59. The zero-order chi connectivity index (χ0) is 9.80. The molecule has 0 amide bonds. The Morgan fingerprint density at radius 1 is 1.00 bits per heavy atom. The van der Waals surface area contributed by atoms with Crippen molar-refractivity contribution in [2.24, 2.45) is 0 Å². The van der Waals surface area contributed by atoms with E-state index < -0.39 is 0 Å². The van der Waals surface area contributed by atoms with Gasteiger partial charge >= 0.3 is 0 Å². The predicted molar refractivity (Wildman–Crippen MR) is 56.2 cm³/mol. The van der Waals surface area contributed by atoms with Gasteiger partial charge in [0.2, 0.25) is 0 Å². The normalized spacial score (nSPS) is 9.79. The monoisotopic (exact) mass is 184 g/mol. The van der Waals surface area contributed by atoms with Gasteiger partial charge in [0.1, 0.15) is 0 Å². The summed E-state index contributed by atoms with van der Waals surface area (Å²) in [4.78, 5) is 0. The van der Waals surface area contributed by atoms with Gasteiger partial charge < -0.3 is 5.43 Å². The summed E-state index contributed by atoms with van der Waals surface area (Å²) in [5.74, 6) is 0. The fourth-order valence-corrected chi connectivity index (χ4v) is 1.27. The lowest BCUT2D eigenvalue weighted by Gasteiger charge is -2.13. The van der Waals surface area contributed by atoms with E-state index in [2.05, 4.69) is 18.4 Å². The first-order valence-corrected chi connectivity index (χ1v) is 4.59. The van der Waals surface area contributed by atoms with Gasteiger partial charge in [0.25, 0.3) is 0 Å². The molecule has 0 saturated carbocycles. The molecule has 0 radical (unpaired) electrons. The number of hydrogen-bond acceptors (Lipinski definition) is 0. The highest BCUT2D eigenvalue weighted by Crippen LogP contribution is 2.12. The molecule has 0 fully saturated rings. The number of aromatic nitrogens is 1. The molecule has 14 heavy (non-hydrogen) atoms. The lowest BCUT2D eigenvalue weighted by molar-refractivity contribution is -0.619. The van der Waals surface area contributed by atoms with Crippen LogP contribution in [-0.4, -0.2) is 0 Å². The molecule has 0 saturated heterocycles. The van der Waals surface area contributed by atoms with E-state index in [4.69, 9.17) is 0 Å². The van der Waals surface area contributed by atoms with Crippen molar-refractivity contribution >= 4 is 5.69 Å². The van der Waals surface area contributed by atoms with Crippen LogP contribution in [0.5, 0.6) is 0 Å². The molecular formula is C12H12N2. The molecule has 1 heterocycles. The Labute approximate surface area is 83.8 Å². The molecule has 2 aromatic rings. The zero-order valence-corrected chi connectivity index (χ0v) is 8.09. The fourth-order valence-electron chi connectivity index (χ4n) is 1.27. The van der Waals surface area contributed by atoms with Crippen molar-refractivity contribution in [1.82, 2.24) is 0 Å². The maximum Gasteiger partial charge on any atom is 0.167 e. The second kappa shape index (κ2) is 3.92. The summed E-state index contributed by atoms with van der Waals surface area (Å²) in [7, 11) is 0. The van der Waals surface area contributed by atoms with Gasteiger partial charge in [-0.15, -0.1) is 0 Å². The summed E-state index contributed by atoms with van der Waals surface area (Å²) in [6.07, 6.45) is 3.92. The van der Waals surface area contributed by atoms with Crippen LogP contribution in [0.2, 0.25) is 0 Å². The van der Waals surface area contributed by atoms with Gasteiger partial charge in [-0.05, 0) is 13.0 Å². The number of rotatable bonds is 2. The number of nitrogens with zero attached hydrogens (tertiary/aromatic N) is 2. The average Bonchev–Trinajstić information content (AvgIpc) is 2.19. The Hall–Kier alpha value is -1.83. The van der Waals surface area contributed by atoms with Crippen LogP contribution in [0.4, 0.5) is 5.69 Å². The van der Waals surface area contributed by atoms with Gasteiger partial charge in [0.05, 0.1) is 0 Å². The predicted octanol–water partition coefficient (Wildman–Crippen LogP) is 2.75. The maximum atomic E-state index is 4.42. The highest BCUT2D eigenvalue weighted by atomic mass is 15.4. The summed E-state index contributed by atoms with van der Waals surface area (Å²) >= 11 is 0. The van der Waals surface area contributed by atoms with Crippen molar-refractivity contribution in [2.75, 3.05) is 0 Å². The molecule has 0 bridgehead atoms. The maximum absolute atomic E-state index is 4.42. The lowest BCUT2D eigenvalue weighted by atomic mass is 10.3. The Morgan fingerprint density at radius 3 is 2.50 bits per heavy atom. The Balaban J connectivity index is 2.19. The first kappa shape index (κ1) is 8.75. The molecule has 2 heteroatoms. The number of aryl methyl sites for hydroxylation is 1. The third kappa shape index (κ3) is 2.10. The van der Waals surface area contributed by atoms with Gasteiger partial charge in [0, 0.05) is 11.6 Å². The average molecular weight is 184 g/mol. The minimum absolute atomic E-state index is 0.961. The molecule has 0 aliphatic carbocycles. The highest BCUT2D eigenvalue weighted by Gasteiger charge is 1.90. The molecule has 0 spiro atoms. The van der Waals surface area contributed by atoms with Crippen LogP contribution in [0.25, 0.3) is 5.43 Å². The van der Waals surface area contributed by atoms with E-state index in [1.54, 1.807) is 0 Å². The smallest absolute Gasteiger partial charge is 0.167 e. The van der Waals surface area contributed by atoms with Gasteiger partial charge in [-0.3, -0.25) is 0 Å². The van der Waals surface area contributed by atoms with E-state index in [1.807, 2.05) is 53.5 Å². The minimum Gasteiger partial charge on any atom is -0.405 e. The van der Waals surface area contributed by atoms with E-state index in [1.165, 1.54) is 5.56 Å². The molecule has 2 rings (SSSR count). The van der Waals surface area contributed by atoms with Crippen molar-refractivity contribution in [3.05, 3.63) is 65.8 Å². The van der Waals surface area contributed by atoms with Crippen molar-refractivity contribution in [3.63, 3.8) is 0 Å². The zero-order valence-electron chi connectivity index (χ0n) is 8.09. The lowest BCUT2D eigenvalue weighted by Crippen LogP contribution is -2.26. The molecule has 0 N–H and O–H groups in total. The van der Waals surface area contributed by atoms with Gasteiger partial charge in [-0.2, -0.15) is 0 Å². The van der Waals surface area contributed by atoms with Crippen molar-refractivity contribution in [1.29, 1.82) is 0 Å². The Bertz CT molecular complexity index is 410. The van der Waals surface area contributed by atoms with Crippen LogP contribution in [0, 0.1) is 6.92 Å². The molecular weight excluding hydrogens is 172 g/mol. The van der Waals surface area contributed by atoms with Crippen molar-refractivity contribution in [2.45, 2.75) is 6.92 Å². The van der Waals surface area contributed by atoms with E-state index in [-0.39, 0.29) is 0 Å². The molecule has 1 aromatic heterocycles. The topological polar surface area (TPSA) is 18.0 Å². The number of hydrogen-bond donors (Lipinski definition) is 0. The van der Waals surface area contributed by atoms with Crippen LogP contribution in [0.1, 0.15) is 5.56 Å². The summed E-state index contributed by atoms with van der Waals surface area (Å²) in [6, 6.07) is 14.0. The molecule has 0 atom stereocenters. The molecule has 0 aliphatic rings. The van der Waals surface area contributed by atoms with E-state index in [0.717, 1.165) is 5.69 Å². The quantitative estimate of drug-likeness (QED) is 0.639. The van der Waals surface area contributed by atoms with Gasteiger partial charge in [-0.25, -0.2) is 4.68 Å². The third-order valence-electron chi connectivity index (χ3n) is 1.92. The van der Waals surface area contributed by atoms with Crippen LogP contribution in [-0.2, 0) is 0 Å². The molecule has 2 nitrogen and oxygen atoms in total. The molecule has 70 valence electrons. The minimum atomic E-state index is 0.961. The number of pyridine rings is 1. The summed E-state index contributed by atoms with van der Waals surface area (Å²) < 4.78 is 1.82. The van der Waals surface area contributed by atoms with Crippen LogP contribution in [0.15, 0.2) is 54.9 Å². The van der Waals surface area contributed by atoms with E-state index in [0.29, 0.717) is 0 Å². The number of benzene rings is 1. The summed E-state index contributed by atoms with van der Waals surface area (Å²) in [5.41, 5.74) is 6.58. The van der Waals surface area contributed by atoms with Gasteiger partial charge in [0.15, 0.2) is 12.4 Å². The Kier molecular flexibility index (Phi) is 2.45. The Morgan fingerprint density at radius 2 is 1.79 bits per heavy atom. The van der Waals surface area contributed by atoms with Crippen LogP contribution in [0.3, 0.4) is 0 Å². The van der Waals surface area contributed by atoms with Crippen molar-refractivity contribution in [3.8, 4) is 0 Å². The first-order chi connectivity index (χ1) is 6.84. The van der Waals surface area contributed by atoms with Crippen LogP contribution >= 0.6 is 0 Å².